The second-order valence-electron chi connectivity index (χ2n) is 8.63. The number of likely N-dealkylation sites (tertiary alicyclic amines) is 1. The Morgan fingerprint density at radius 3 is 2.52 bits per heavy atom. The summed E-state index contributed by atoms with van der Waals surface area (Å²) in [6.45, 7) is 6.19. The zero-order chi connectivity index (χ0) is 20.4. The fourth-order valence-corrected chi connectivity index (χ4v) is 5.91. The molecule has 5 nitrogen and oxygen atoms in total. The summed E-state index contributed by atoms with van der Waals surface area (Å²) in [4.78, 5) is 14.9. The summed E-state index contributed by atoms with van der Waals surface area (Å²) >= 11 is 7.97. The van der Waals surface area contributed by atoms with Gasteiger partial charge in [0.1, 0.15) is 0 Å². The Balaban J connectivity index is 1.54. The molecule has 2 aromatic rings. The van der Waals surface area contributed by atoms with E-state index in [1.807, 2.05) is 29.2 Å². The van der Waals surface area contributed by atoms with Gasteiger partial charge in [0.25, 0.3) is 0 Å². The van der Waals surface area contributed by atoms with Gasteiger partial charge in [-0.05, 0) is 43.2 Å². The maximum Gasteiger partial charge on any atom is 0.233 e. The number of aromatic nitrogens is 3. The molecule has 2 heterocycles. The van der Waals surface area contributed by atoms with Crippen molar-refractivity contribution in [1.82, 2.24) is 19.7 Å². The fraction of sp³-hybridized carbons (Fsp3) is 0.591. The largest absolute Gasteiger partial charge is 0.341 e. The van der Waals surface area contributed by atoms with Gasteiger partial charge in [-0.2, -0.15) is 0 Å². The van der Waals surface area contributed by atoms with E-state index in [1.54, 1.807) is 0 Å². The first-order chi connectivity index (χ1) is 14.0. The van der Waals surface area contributed by atoms with E-state index in [2.05, 4.69) is 28.6 Å². The van der Waals surface area contributed by atoms with Gasteiger partial charge in [0.05, 0.1) is 10.8 Å². The quantitative estimate of drug-likeness (QED) is 0.600. The van der Waals surface area contributed by atoms with E-state index in [1.165, 1.54) is 31.0 Å². The lowest BCUT2D eigenvalue weighted by Gasteiger charge is -2.35. The summed E-state index contributed by atoms with van der Waals surface area (Å²) in [6, 6.07) is 8.16. The van der Waals surface area contributed by atoms with Crippen LogP contribution in [0.5, 0.6) is 0 Å². The number of benzene rings is 1. The summed E-state index contributed by atoms with van der Waals surface area (Å²) in [5, 5.41) is 10.5. The Bertz CT molecular complexity index is 854. The normalized spacial score (nSPS) is 22.9. The molecule has 1 aromatic carbocycles. The highest BCUT2D eigenvalue weighted by molar-refractivity contribution is 7.99. The third-order valence-corrected chi connectivity index (χ3v) is 7.27. The number of halogens is 1. The van der Waals surface area contributed by atoms with Gasteiger partial charge in [-0.3, -0.25) is 9.36 Å². The Hall–Kier alpha value is -1.53. The van der Waals surface area contributed by atoms with Crippen molar-refractivity contribution in [2.75, 3.05) is 18.8 Å². The molecule has 0 radical (unpaired) electrons. The number of carbonyl (C=O) groups is 1. The van der Waals surface area contributed by atoms with Crippen LogP contribution in [0.3, 0.4) is 0 Å². The number of hydrogen-bond donors (Lipinski definition) is 0. The van der Waals surface area contributed by atoms with Crippen LogP contribution in [0.25, 0.3) is 11.4 Å². The van der Waals surface area contributed by atoms with Gasteiger partial charge < -0.3 is 4.90 Å². The van der Waals surface area contributed by atoms with Crippen molar-refractivity contribution in [3.8, 4) is 11.4 Å². The molecule has 2 aliphatic rings. The minimum absolute atomic E-state index is 0.202. The minimum atomic E-state index is 0.202. The fourth-order valence-electron chi connectivity index (χ4n) is 4.78. The maximum atomic E-state index is 12.9. The number of piperidine rings is 1. The van der Waals surface area contributed by atoms with E-state index < -0.39 is 0 Å². The predicted molar refractivity (Wildman–Crippen MR) is 118 cm³/mol. The minimum Gasteiger partial charge on any atom is -0.341 e. The summed E-state index contributed by atoms with van der Waals surface area (Å²) < 4.78 is 2.23. The number of rotatable bonds is 5. The number of carbonyl (C=O) groups excluding carboxylic acids is 1. The van der Waals surface area contributed by atoms with E-state index in [0.717, 1.165) is 42.5 Å². The van der Waals surface area contributed by atoms with E-state index in [-0.39, 0.29) is 5.91 Å². The topological polar surface area (TPSA) is 51.0 Å². The first kappa shape index (κ1) is 20.7. The van der Waals surface area contributed by atoms with Gasteiger partial charge in [0.2, 0.25) is 5.91 Å². The van der Waals surface area contributed by atoms with Crippen molar-refractivity contribution in [3.63, 3.8) is 0 Å². The highest BCUT2D eigenvalue weighted by atomic mass is 35.5. The molecule has 0 unspecified atom stereocenters. The zero-order valence-corrected chi connectivity index (χ0v) is 18.8. The Morgan fingerprint density at radius 2 is 1.83 bits per heavy atom. The molecule has 0 N–H and O–H groups in total. The zero-order valence-electron chi connectivity index (χ0n) is 17.2. The molecule has 0 bridgehead atoms. The van der Waals surface area contributed by atoms with Crippen LogP contribution in [0.15, 0.2) is 29.4 Å². The lowest BCUT2D eigenvalue weighted by atomic mass is 9.92. The van der Waals surface area contributed by atoms with E-state index in [0.29, 0.717) is 28.7 Å². The van der Waals surface area contributed by atoms with Crippen molar-refractivity contribution < 1.29 is 4.79 Å². The maximum absolute atomic E-state index is 12.9. The molecule has 156 valence electrons. The van der Waals surface area contributed by atoms with Crippen LogP contribution in [0.4, 0.5) is 0 Å². The second kappa shape index (κ2) is 9.09. The van der Waals surface area contributed by atoms with Crippen LogP contribution in [-0.4, -0.2) is 44.4 Å². The van der Waals surface area contributed by atoms with Gasteiger partial charge in [0.15, 0.2) is 11.0 Å². The Morgan fingerprint density at radius 1 is 1.14 bits per heavy atom. The van der Waals surface area contributed by atoms with Gasteiger partial charge in [0, 0.05) is 24.7 Å². The number of amides is 1. The highest BCUT2D eigenvalue weighted by Crippen LogP contribution is 2.38. The monoisotopic (exact) mass is 432 g/mol. The SMILES string of the molecule is C[C@@H]1C[C@@H](C)CN(C(=O)CSc2nnc(-c3ccccc3Cl)n2C2CCCC2)C1. The Labute approximate surface area is 182 Å². The van der Waals surface area contributed by atoms with Crippen molar-refractivity contribution in [1.29, 1.82) is 0 Å². The molecule has 0 spiro atoms. The number of thioether (sulfide) groups is 1. The molecule has 7 heteroatoms. The average Bonchev–Trinajstić information content (AvgIpc) is 3.35. The van der Waals surface area contributed by atoms with Crippen LogP contribution in [0, 0.1) is 11.8 Å². The van der Waals surface area contributed by atoms with E-state index >= 15 is 0 Å². The third kappa shape index (κ3) is 4.64. The van der Waals surface area contributed by atoms with Crippen LogP contribution in [-0.2, 0) is 4.79 Å². The molecular formula is C22H29ClN4OS. The molecule has 4 rings (SSSR count). The molecular weight excluding hydrogens is 404 g/mol. The molecule has 1 saturated carbocycles. The molecule has 2 fully saturated rings. The number of nitrogens with zero attached hydrogens (tertiary/aromatic N) is 4. The lowest BCUT2D eigenvalue weighted by Crippen LogP contribution is -2.43. The van der Waals surface area contributed by atoms with Gasteiger partial charge in [-0.15, -0.1) is 10.2 Å². The first-order valence-corrected chi connectivity index (χ1v) is 12.0. The second-order valence-corrected chi connectivity index (χ2v) is 9.98. The molecule has 1 aliphatic heterocycles. The molecule has 29 heavy (non-hydrogen) atoms. The number of hydrogen-bond acceptors (Lipinski definition) is 4. The van der Waals surface area contributed by atoms with E-state index in [4.69, 9.17) is 11.6 Å². The van der Waals surface area contributed by atoms with E-state index in [9.17, 15) is 4.79 Å². The van der Waals surface area contributed by atoms with Gasteiger partial charge in [-0.25, -0.2) is 0 Å². The van der Waals surface area contributed by atoms with Crippen LogP contribution in [0.1, 0.15) is 52.0 Å². The van der Waals surface area contributed by atoms with Crippen molar-refractivity contribution in [2.24, 2.45) is 11.8 Å². The van der Waals surface area contributed by atoms with Crippen molar-refractivity contribution in [2.45, 2.75) is 57.1 Å². The average molecular weight is 433 g/mol. The van der Waals surface area contributed by atoms with Crippen LogP contribution in [0.2, 0.25) is 5.02 Å². The standard InChI is InChI=1S/C22H29ClN4OS/c1-15-11-16(2)13-26(12-15)20(28)14-29-22-25-24-21(18-9-5-6-10-19(18)23)27(22)17-7-3-4-8-17/h5-6,9-10,15-17H,3-4,7-8,11-14H2,1-2H3/t15-,16-/m1/s1. The summed E-state index contributed by atoms with van der Waals surface area (Å²) in [6.07, 6.45) is 5.89. The Kier molecular flexibility index (Phi) is 6.50. The molecule has 1 aromatic heterocycles. The van der Waals surface area contributed by atoms with Gasteiger partial charge in [-0.1, -0.05) is 62.2 Å². The van der Waals surface area contributed by atoms with Crippen molar-refractivity contribution in [3.05, 3.63) is 29.3 Å². The highest BCUT2D eigenvalue weighted by Gasteiger charge is 2.28. The molecule has 2 atom stereocenters. The molecule has 1 saturated heterocycles. The first-order valence-electron chi connectivity index (χ1n) is 10.6. The van der Waals surface area contributed by atoms with Crippen LogP contribution >= 0.6 is 23.4 Å². The predicted octanol–water partition coefficient (Wildman–Crippen LogP) is 5.31. The summed E-state index contributed by atoms with van der Waals surface area (Å²) in [5.74, 6) is 2.57. The molecule has 1 aliphatic carbocycles. The summed E-state index contributed by atoms with van der Waals surface area (Å²) in [7, 11) is 0. The van der Waals surface area contributed by atoms with Crippen LogP contribution < -0.4 is 0 Å². The molecule has 1 amide bonds. The van der Waals surface area contributed by atoms with Gasteiger partial charge >= 0.3 is 0 Å². The smallest absolute Gasteiger partial charge is 0.233 e. The lowest BCUT2D eigenvalue weighted by molar-refractivity contribution is -0.130. The summed E-state index contributed by atoms with van der Waals surface area (Å²) in [5.41, 5.74) is 0.908. The van der Waals surface area contributed by atoms with Crippen molar-refractivity contribution >= 4 is 29.3 Å². The third-order valence-electron chi connectivity index (χ3n) is 6.02.